The molecule has 244 valence electrons. The van der Waals surface area contributed by atoms with Crippen LogP contribution in [0.5, 0.6) is 0 Å². The van der Waals surface area contributed by atoms with Crippen molar-refractivity contribution in [1.29, 1.82) is 0 Å². The van der Waals surface area contributed by atoms with E-state index in [4.69, 9.17) is 0 Å². The van der Waals surface area contributed by atoms with Crippen molar-refractivity contribution in [2.75, 3.05) is 4.90 Å². The van der Waals surface area contributed by atoms with E-state index in [0.717, 1.165) is 11.8 Å². The van der Waals surface area contributed by atoms with Crippen LogP contribution in [0.15, 0.2) is 152 Å². The van der Waals surface area contributed by atoms with Gasteiger partial charge in [0.05, 0.1) is 5.69 Å². The lowest BCUT2D eigenvalue weighted by molar-refractivity contribution is 0.0426. The summed E-state index contributed by atoms with van der Waals surface area (Å²) in [5.41, 5.74) is 12.2. The number of hydrogen-bond donors (Lipinski definition) is 0. The summed E-state index contributed by atoms with van der Waals surface area (Å²) in [6.07, 6.45) is 5.39. The van der Waals surface area contributed by atoms with Gasteiger partial charge in [-0.3, -0.25) is 0 Å². The van der Waals surface area contributed by atoms with Crippen LogP contribution in [-0.2, 0) is 5.41 Å². The van der Waals surface area contributed by atoms with Gasteiger partial charge in [0.2, 0.25) is 0 Å². The molecule has 0 N–H and O–H groups in total. The minimum absolute atomic E-state index is 0.0431. The van der Waals surface area contributed by atoms with Crippen LogP contribution in [0.4, 0.5) is 17.1 Å². The van der Waals surface area contributed by atoms with E-state index >= 15 is 0 Å². The molecule has 3 aliphatic carbocycles. The van der Waals surface area contributed by atoms with Crippen LogP contribution in [0, 0.1) is 23.7 Å². The lowest BCUT2D eigenvalue weighted by atomic mass is 9.49. The third kappa shape index (κ3) is 4.39. The molecule has 3 aliphatic rings. The summed E-state index contributed by atoms with van der Waals surface area (Å²) in [5.74, 6) is 2.90. The van der Waals surface area contributed by atoms with Crippen LogP contribution in [0.1, 0.15) is 50.7 Å². The van der Waals surface area contributed by atoms with Crippen LogP contribution in [0.3, 0.4) is 0 Å². The fourth-order valence-electron chi connectivity index (χ4n) is 10.9. The Hall–Kier alpha value is -5.14. The zero-order chi connectivity index (χ0) is 33.4. The third-order valence-corrected chi connectivity index (χ3v) is 12.7. The summed E-state index contributed by atoms with van der Waals surface area (Å²) in [7, 11) is 0. The molecule has 50 heavy (non-hydrogen) atoms. The Bertz CT molecular complexity index is 2400. The van der Waals surface area contributed by atoms with Gasteiger partial charge >= 0.3 is 0 Å². The molecule has 5 unspecified atom stereocenters. The molecule has 0 radical (unpaired) electrons. The SMILES string of the molecule is CC1CC2CC(C)C3(c4ccccc4-c4ccc(N(c5ccc6ccccc6c5)c5ccc(-c6ccccc6)c6ccccc56)cc43)C(C1)C2. The molecule has 1 nitrogen and oxygen atoms in total. The number of nitrogens with zero attached hydrogens (tertiary/aromatic N) is 1. The number of anilines is 3. The topological polar surface area (TPSA) is 3.24 Å². The maximum atomic E-state index is 2.61. The molecule has 0 amide bonds. The molecule has 5 atom stereocenters. The van der Waals surface area contributed by atoms with Crippen molar-refractivity contribution in [2.24, 2.45) is 23.7 Å². The first-order valence-electron chi connectivity index (χ1n) is 18.7. The first-order chi connectivity index (χ1) is 24.6. The molecule has 2 saturated carbocycles. The van der Waals surface area contributed by atoms with Gasteiger partial charge < -0.3 is 4.90 Å². The van der Waals surface area contributed by atoms with Crippen molar-refractivity contribution < 1.29 is 0 Å². The first kappa shape index (κ1) is 29.7. The van der Waals surface area contributed by atoms with Gasteiger partial charge in [-0.05, 0) is 129 Å². The zero-order valence-corrected chi connectivity index (χ0v) is 29.0. The largest absolute Gasteiger partial charge is 0.310 e. The quantitative estimate of drug-likeness (QED) is 0.184. The zero-order valence-electron chi connectivity index (χ0n) is 29.0. The Morgan fingerprint density at radius 1 is 0.500 bits per heavy atom. The van der Waals surface area contributed by atoms with Crippen LogP contribution < -0.4 is 4.90 Å². The predicted molar refractivity (Wildman–Crippen MR) is 212 cm³/mol. The van der Waals surface area contributed by atoms with Crippen molar-refractivity contribution >= 4 is 38.6 Å². The normalized spacial score (nSPS) is 23.6. The van der Waals surface area contributed by atoms with E-state index in [2.05, 4.69) is 170 Å². The van der Waals surface area contributed by atoms with Crippen LogP contribution >= 0.6 is 0 Å². The standard InChI is InChI=1S/C49H43N/c1-32-26-34-28-33(2)49(38(27-32)29-34)46-19-11-10-17-43(46)44-23-22-40(31-47(44)49)50(39-21-20-35-12-6-7-15-37(35)30-39)48-25-24-41(36-13-4-3-5-14-36)42-16-8-9-18-45(42)48/h3-25,30-34,38H,26-29H2,1-2H3. The Kier molecular flexibility index (Phi) is 6.82. The van der Waals surface area contributed by atoms with Crippen molar-refractivity contribution in [3.05, 3.63) is 163 Å². The average molecular weight is 646 g/mol. The van der Waals surface area contributed by atoms with E-state index in [1.54, 1.807) is 11.1 Å². The molecule has 7 aromatic rings. The maximum absolute atomic E-state index is 2.61. The van der Waals surface area contributed by atoms with Gasteiger partial charge in [-0.1, -0.05) is 135 Å². The highest BCUT2D eigenvalue weighted by molar-refractivity contribution is 6.07. The number of fused-ring (bicyclic) bond motifs is 10. The number of hydrogen-bond acceptors (Lipinski definition) is 1. The van der Waals surface area contributed by atoms with Gasteiger partial charge in [0, 0.05) is 22.2 Å². The van der Waals surface area contributed by atoms with Crippen molar-refractivity contribution in [2.45, 2.75) is 44.9 Å². The van der Waals surface area contributed by atoms with E-state index < -0.39 is 0 Å². The fraction of sp³-hybridized carbons (Fsp3) is 0.224. The molecule has 10 rings (SSSR count). The third-order valence-electron chi connectivity index (χ3n) is 12.7. The smallest absolute Gasteiger partial charge is 0.0540 e. The van der Waals surface area contributed by atoms with Gasteiger partial charge in [-0.2, -0.15) is 0 Å². The molecule has 0 heterocycles. The molecule has 2 fully saturated rings. The molecule has 7 aromatic carbocycles. The maximum Gasteiger partial charge on any atom is 0.0540 e. The lowest BCUT2D eigenvalue weighted by Crippen LogP contribution is -2.49. The lowest BCUT2D eigenvalue weighted by Gasteiger charge is -2.54. The highest BCUT2D eigenvalue weighted by Gasteiger charge is 2.56. The second-order valence-corrected chi connectivity index (χ2v) is 15.6. The summed E-state index contributed by atoms with van der Waals surface area (Å²) in [6, 6.07) is 57.1. The molecule has 0 saturated heterocycles. The molecule has 0 aromatic heterocycles. The van der Waals surface area contributed by atoms with Crippen LogP contribution in [-0.4, -0.2) is 0 Å². The Balaban J connectivity index is 1.23. The number of rotatable bonds is 4. The van der Waals surface area contributed by atoms with Crippen molar-refractivity contribution in [3.63, 3.8) is 0 Å². The van der Waals surface area contributed by atoms with E-state index in [-0.39, 0.29) is 5.41 Å². The second kappa shape index (κ2) is 11.5. The minimum atomic E-state index is 0.0431. The molecule has 2 bridgehead atoms. The highest BCUT2D eigenvalue weighted by atomic mass is 15.1. The van der Waals surface area contributed by atoms with Gasteiger partial charge in [0.15, 0.2) is 0 Å². The molecule has 1 heteroatoms. The number of benzene rings is 7. The first-order valence-corrected chi connectivity index (χ1v) is 18.7. The predicted octanol–water partition coefficient (Wildman–Crippen LogP) is 13.5. The van der Waals surface area contributed by atoms with Gasteiger partial charge in [-0.15, -0.1) is 0 Å². The summed E-state index contributed by atoms with van der Waals surface area (Å²) in [4.78, 5) is 2.54. The molecular formula is C49H43N. The Morgan fingerprint density at radius 2 is 1.18 bits per heavy atom. The Labute approximate surface area is 296 Å². The summed E-state index contributed by atoms with van der Waals surface area (Å²) in [5, 5.41) is 5.06. The second-order valence-electron chi connectivity index (χ2n) is 15.6. The van der Waals surface area contributed by atoms with E-state index in [1.807, 2.05) is 0 Å². The van der Waals surface area contributed by atoms with Gasteiger partial charge in [-0.25, -0.2) is 0 Å². The van der Waals surface area contributed by atoms with Crippen molar-refractivity contribution in [3.8, 4) is 22.3 Å². The van der Waals surface area contributed by atoms with Crippen LogP contribution in [0.2, 0.25) is 0 Å². The fourth-order valence-corrected chi connectivity index (χ4v) is 10.9. The van der Waals surface area contributed by atoms with Crippen LogP contribution in [0.25, 0.3) is 43.8 Å². The van der Waals surface area contributed by atoms with E-state index in [9.17, 15) is 0 Å². The van der Waals surface area contributed by atoms with Crippen molar-refractivity contribution in [1.82, 2.24) is 0 Å². The summed E-state index contributed by atoms with van der Waals surface area (Å²) >= 11 is 0. The summed E-state index contributed by atoms with van der Waals surface area (Å²) < 4.78 is 0. The summed E-state index contributed by atoms with van der Waals surface area (Å²) in [6.45, 7) is 5.08. The molecule has 1 spiro atoms. The molecule has 0 aliphatic heterocycles. The van der Waals surface area contributed by atoms with Gasteiger partial charge in [0.25, 0.3) is 0 Å². The Morgan fingerprint density at radius 3 is 2.06 bits per heavy atom. The van der Waals surface area contributed by atoms with Gasteiger partial charge in [0.1, 0.15) is 0 Å². The highest BCUT2D eigenvalue weighted by Crippen LogP contribution is 2.65. The minimum Gasteiger partial charge on any atom is -0.310 e. The average Bonchev–Trinajstić information content (AvgIpc) is 3.45. The van der Waals surface area contributed by atoms with E-state index in [0.29, 0.717) is 11.8 Å². The van der Waals surface area contributed by atoms with E-state index in [1.165, 1.54) is 86.5 Å². The molecular weight excluding hydrogens is 603 g/mol. The monoisotopic (exact) mass is 645 g/mol.